The maximum Gasteiger partial charge on any atom is 0.332 e. The lowest BCUT2D eigenvalue weighted by Gasteiger charge is -2.31. The molecule has 0 radical (unpaired) electrons. The number of rotatable bonds is 4. The molecule has 0 amide bonds. The summed E-state index contributed by atoms with van der Waals surface area (Å²) in [5.74, 6) is 6.51. The molecule has 3 aromatic heterocycles. The van der Waals surface area contributed by atoms with E-state index in [1.54, 1.807) is 36.7 Å². The van der Waals surface area contributed by atoms with E-state index >= 15 is 0 Å². The van der Waals surface area contributed by atoms with E-state index in [0.29, 0.717) is 40.4 Å². The molecule has 10 nitrogen and oxygen atoms in total. The monoisotopic (exact) mass is 482 g/mol. The molecule has 36 heavy (non-hydrogen) atoms. The zero-order valence-electron chi connectivity index (χ0n) is 20.2. The standard InChI is InChI=1S/C26H26N8O2/c1-3-4-13-33-22-23(30-25(33)32-12-6-9-19(28)15-32)31(2)26(36)34(24(22)35)16-20-11-10-17-7-5-8-18(14-27)21(17)29-20/h5,7-8,10-11,19H,6,9,12-13,15-16,28H2,1-2H3/t19-/m1/s1. The summed E-state index contributed by atoms with van der Waals surface area (Å²) in [5, 5.41) is 10.3. The lowest BCUT2D eigenvalue weighted by atomic mass is 10.1. The highest BCUT2D eigenvalue weighted by atomic mass is 16.2. The second-order valence-electron chi connectivity index (χ2n) is 8.97. The highest BCUT2D eigenvalue weighted by molar-refractivity contribution is 5.84. The van der Waals surface area contributed by atoms with Crippen molar-refractivity contribution < 1.29 is 0 Å². The predicted molar refractivity (Wildman–Crippen MR) is 138 cm³/mol. The van der Waals surface area contributed by atoms with Gasteiger partial charge in [-0.15, -0.1) is 5.92 Å². The first-order chi connectivity index (χ1) is 17.4. The Bertz CT molecular complexity index is 1710. The van der Waals surface area contributed by atoms with E-state index in [2.05, 4.69) is 27.8 Å². The number of benzene rings is 1. The lowest BCUT2D eigenvalue weighted by molar-refractivity contribution is 0.496. The number of fused-ring (bicyclic) bond motifs is 2. The number of nitriles is 1. The fraction of sp³-hybridized carbons (Fsp3) is 0.346. The third-order valence-corrected chi connectivity index (χ3v) is 6.59. The molecule has 1 saturated heterocycles. The van der Waals surface area contributed by atoms with Crippen LogP contribution in [-0.4, -0.2) is 42.8 Å². The van der Waals surface area contributed by atoms with Crippen LogP contribution in [-0.2, 0) is 20.1 Å². The molecule has 1 aliphatic heterocycles. The summed E-state index contributed by atoms with van der Waals surface area (Å²) in [5.41, 5.74) is 7.36. The largest absolute Gasteiger partial charge is 0.341 e. The third kappa shape index (κ3) is 3.92. The van der Waals surface area contributed by atoms with Crippen molar-refractivity contribution >= 4 is 28.0 Å². The molecule has 4 heterocycles. The van der Waals surface area contributed by atoms with Gasteiger partial charge in [0.25, 0.3) is 5.56 Å². The molecule has 10 heteroatoms. The second kappa shape index (κ2) is 9.33. The van der Waals surface area contributed by atoms with Gasteiger partial charge >= 0.3 is 5.69 Å². The van der Waals surface area contributed by atoms with Crippen LogP contribution in [0.4, 0.5) is 5.95 Å². The van der Waals surface area contributed by atoms with Crippen LogP contribution in [0.15, 0.2) is 39.9 Å². The zero-order valence-corrected chi connectivity index (χ0v) is 20.2. The Kier molecular flexibility index (Phi) is 6.05. The molecule has 0 bridgehead atoms. The van der Waals surface area contributed by atoms with Gasteiger partial charge in [0.15, 0.2) is 11.2 Å². The highest BCUT2D eigenvalue weighted by Gasteiger charge is 2.26. The normalized spacial score (nSPS) is 15.6. The number of nitrogens with two attached hydrogens (primary N) is 1. The van der Waals surface area contributed by atoms with Gasteiger partial charge in [0.1, 0.15) is 6.07 Å². The quantitative estimate of drug-likeness (QED) is 0.435. The summed E-state index contributed by atoms with van der Waals surface area (Å²) in [4.78, 5) is 38.4. The number of hydrogen-bond acceptors (Lipinski definition) is 7. The van der Waals surface area contributed by atoms with Gasteiger partial charge in [-0.05, 0) is 31.9 Å². The van der Waals surface area contributed by atoms with Gasteiger partial charge < -0.3 is 10.6 Å². The number of para-hydroxylation sites is 1. The third-order valence-electron chi connectivity index (χ3n) is 6.59. The number of nitrogens with zero attached hydrogens (tertiary/aromatic N) is 7. The van der Waals surface area contributed by atoms with Gasteiger partial charge in [-0.1, -0.05) is 24.1 Å². The van der Waals surface area contributed by atoms with Gasteiger partial charge in [0, 0.05) is 31.6 Å². The van der Waals surface area contributed by atoms with E-state index in [9.17, 15) is 14.9 Å². The summed E-state index contributed by atoms with van der Waals surface area (Å²) in [6.07, 6.45) is 1.86. The number of hydrogen-bond donors (Lipinski definition) is 1. The first-order valence-corrected chi connectivity index (χ1v) is 11.8. The van der Waals surface area contributed by atoms with E-state index in [1.165, 1.54) is 4.57 Å². The SMILES string of the molecule is CC#CCn1c(N2CCC[C@@H](N)C2)nc2c1c(=O)n(Cc1ccc3cccc(C#N)c3n1)c(=O)n2C. The van der Waals surface area contributed by atoms with Crippen molar-refractivity contribution in [2.75, 3.05) is 18.0 Å². The molecule has 4 aromatic rings. The van der Waals surface area contributed by atoms with Crippen LogP contribution in [0.1, 0.15) is 31.0 Å². The predicted octanol–water partition coefficient (Wildman–Crippen LogP) is 1.32. The molecule has 1 aromatic carbocycles. The van der Waals surface area contributed by atoms with Gasteiger partial charge in [-0.2, -0.15) is 10.2 Å². The maximum atomic E-state index is 13.8. The Labute approximate surface area is 207 Å². The molecular weight excluding hydrogens is 456 g/mol. The molecule has 0 unspecified atom stereocenters. The minimum atomic E-state index is -0.490. The van der Waals surface area contributed by atoms with Crippen molar-refractivity contribution in [3.05, 3.63) is 62.4 Å². The van der Waals surface area contributed by atoms with Crippen molar-refractivity contribution in [2.24, 2.45) is 12.8 Å². The van der Waals surface area contributed by atoms with Crippen LogP contribution in [0, 0.1) is 23.2 Å². The minimum Gasteiger partial charge on any atom is -0.341 e. The Morgan fingerprint density at radius 2 is 2.00 bits per heavy atom. The average molecular weight is 483 g/mol. The molecule has 1 fully saturated rings. The number of anilines is 1. The lowest BCUT2D eigenvalue weighted by Crippen LogP contribution is -2.44. The number of piperidine rings is 1. The molecular formula is C26H26N8O2. The van der Waals surface area contributed by atoms with Crippen molar-refractivity contribution in [3.8, 4) is 17.9 Å². The number of aromatic nitrogens is 5. The molecule has 2 N–H and O–H groups in total. The number of aryl methyl sites for hydroxylation is 1. The smallest absolute Gasteiger partial charge is 0.332 e. The second-order valence-corrected chi connectivity index (χ2v) is 8.97. The summed E-state index contributed by atoms with van der Waals surface area (Å²) in [6, 6.07) is 11.1. The topological polar surface area (TPSA) is 128 Å². The molecule has 0 spiro atoms. The Balaban J connectivity index is 1.68. The number of imidazole rings is 1. The molecule has 0 saturated carbocycles. The van der Waals surface area contributed by atoms with E-state index < -0.39 is 11.2 Å². The van der Waals surface area contributed by atoms with Crippen LogP contribution in [0.2, 0.25) is 0 Å². The maximum absolute atomic E-state index is 13.8. The van der Waals surface area contributed by atoms with E-state index in [0.717, 1.165) is 29.3 Å². The van der Waals surface area contributed by atoms with Gasteiger partial charge in [-0.25, -0.2) is 9.78 Å². The van der Waals surface area contributed by atoms with E-state index in [1.807, 2.05) is 12.1 Å². The molecule has 5 rings (SSSR count). The Morgan fingerprint density at radius 1 is 1.17 bits per heavy atom. The summed E-state index contributed by atoms with van der Waals surface area (Å²) < 4.78 is 4.33. The first-order valence-electron chi connectivity index (χ1n) is 11.8. The summed E-state index contributed by atoms with van der Waals surface area (Å²) in [6.45, 7) is 3.35. The Hall–Kier alpha value is -4.41. The van der Waals surface area contributed by atoms with Crippen LogP contribution in [0.25, 0.3) is 22.1 Å². The van der Waals surface area contributed by atoms with Gasteiger partial charge in [-0.3, -0.25) is 18.5 Å². The van der Waals surface area contributed by atoms with Gasteiger partial charge in [0.05, 0.1) is 29.9 Å². The van der Waals surface area contributed by atoms with Crippen LogP contribution >= 0.6 is 0 Å². The van der Waals surface area contributed by atoms with Crippen molar-refractivity contribution in [1.29, 1.82) is 5.26 Å². The van der Waals surface area contributed by atoms with Crippen LogP contribution in [0.3, 0.4) is 0 Å². The van der Waals surface area contributed by atoms with Gasteiger partial charge in [0.2, 0.25) is 5.95 Å². The summed E-state index contributed by atoms with van der Waals surface area (Å²) >= 11 is 0. The highest BCUT2D eigenvalue weighted by Crippen LogP contribution is 2.23. The fourth-order valence-corrected chi connectivity index (χ4v) is 4.77. The fourth-order valence-electron chi connectivity index (χ4n) is 4.77. The minimum absolute atomic E-state index is 0.0158. The van der Waals surface area contributed by atoms with Crippen molar-refractivity contribution in [3.63, 3.8) is 0 Å². The zero-order chi connectivity index (χ0) is 25.4. The van der Waals surface area contributed by atoms with Crippen molar-refractivity contribution in [2.45, 2.75) is 38.9 Å². The van der Waals surface area contributed by atoms with Crippen LogP contribution in [0.5, 0.6) is 0 Å². The van der Waals surface area contributed by atoms with Crippen molar-refractivity contribution in [1.82, 2.24) is 23.7 Å². The number of pyridine rings is 1. The van der Waals surface area contributed by atoms with E-state index in [-0.39, 0.29) is 19.1 Å². The molecule has 1 aliphatic rings. The first kappa shape index (κ1) is 23.3. The van der Waals surface area contributed by atoms with Crippen LogP contribution < -0.4 is 21.9 Å². The summed E-state index contributed by atoms with van der Waals surface area (Å²) in [7, 11) is 1.61. The molecule has 1 atom stereocenters. The Morgan fingerprint density at radius 3 is 2.75 bits per heavy atom. The van der Waals surface area contributed by atoms with E-state index in [4.69, 9.17) is 10.7 Å². The molecule has 0 aliphatic carbocycles. The average Bonchev–Trinajstić information content (AvgIpc) is 3.28. The molecule has 182 valence electrons.